The fourth-order valence-corrected chi connectivity index (χ4v) is 12.2. The van der Waals surface area contributed by atoms with Crippen LogP contribution in [0.3, 0.4) is 0 Å². The third-order valence-electron chi connectivity index (χ3n) is 15.5. The van der Waals surface area contributed by atoms with E-state index in [4.69, 9.17) is 15.0 Å². The van der Waals surface area contributed by atoms with Crippen LogP contribution in [0, 0.1) is 6.92 Å². The molecule has 350 valence electrons. The van der Waals surface area contributed by atoms with Crippen LogP contribution in [-0.2, 0) is 0 Å². The summed E-state index contributed by atoms with van der Waals surface area (Å²) < 4.78 is 6.95. The number of aromatic nitrogens is 7. The molecule has 0 aliphatic carbocycles. The van der Waals surface area contributed by atoms with Gasteiger partial charge < -0.3 is 9.55 Å². The van der Waals surface area contributed by atoms with Crippen molar-refractivity contribution in [1.82, 2.24) is 33.6 Å². The number of hydrogen-bond donors (Lipinski definition) is 1. The standard InChI is InChI=1S/C61H35N7.C7H8/c1-2-15-40(16-3-1)66-50-22-9-5-19-43(50)47-31-32-48-44-20-7-11-24-52(44)68(58(48)57(47)66)61-64-59(39-33-37-27-25-35-13-12-14-36-26-28-38(34-39)54(37)53(35)36)63-60(65-61)67-51-23-10-6-18-42(51)46-30-29-45-41-17-4-8-21-49(41)62-55(45)56(46)67;1-7-5-3-2-4-6-7/h1-34,62H;2-6H,1H3. The second-order valence-electron chi connectivity index (χ2n) is 19.7. The average molecular weight is 958 g/mol. The van der Waals surface area contributed by atoms with Crippen molar-refractivity contribution in [3.05, 3.63) is 242 Å². The normalized spacial score (nSPS) is 12.1. The second kappa shape index (κ2) is 15.9. The van der Waals surface area contributed by atoms with Gasteiger partial charge in [-0.05, 0) is 87.8 Å². The Morgan fingerprint density at radius 3 is 1.37 bits per heavy atom. The van der Waals surface area contributed by atoms with Crippen molar-refractivity contribution < 1.29 is 0 Å². The Hall–Kier alpha value is -10.1. The van der Waals surface area contributed by atoms with Crippen molar-refractivity contribution >= 4 is 120 Å². The molecule has 0 fully saturated rings. The van der Waals surface area contributed by atoms with E-state index in [9.17, 15) is 0 Å². The average Bonchev–Trinajstić information content (AvgIpc) is 4.32. The zero-order chi connectivity index (χ0) is 49.3. The molecule has 0 spiro atoms. The summed E-state index contributed by atoms with van der Waals surface area (Å²) in [5.41, 5.74) is 11.8. The van der Waals surface area contributed by atoms with Crippen molar-refractivity contribution in [2.75, 3.05) is 0 Å². The van der Waals surface area contributed by atoms with E-state index >= 15 is 0 Å². The maximum Gasteiger partial charge on any atom is 0.240 e. The van der Waals surface area contributed by atoms with Gasteiger partial charge in [-0.25, -0.2) is 0 Å². The van der Waals surface area contributed by atoms with Gasteiger partial charge in [0, 0.05) is 59.9 Å². The first-order valence-electron chi connectivity index (χ1n) is 25.5. The van der Waals surface area contributed by atoms with Crippen LogP contribution in [0.5, 0.6) is 0 Å². The third kappa shape index (κ3) is 6.12. The lowest BCUT2D eigenvalue weighted by molar-refractivity contribution is 0.894. The molecule has 0 amide bonds. The van der Waals surface area contributed by atoms with E-state index in [1.807, 2.05) is 18.2 Å². The maximum atomic E-state index is 5.69. The summed E-state index contributed by atoms with van der Waals surface area (Å²) in [4.78, 5) is 20.7. The second-order valence-corrected chi connectivity index (χ2v) is 19.7. The molecule has 75 heavy (non-hydrogen) atoms. The molecule has 1 N–H and O–H groups in total. The minimum atomic E-state index is 0.536. The van der Waals surface area contributed by atoms with Crippen LogP contribution in [0.2, 0.25) is 0 Å². The molecular formula is C68H43N7. The van der Waals surface area contributed by atoms with Crippen molar-refractivity contribution in [3.63, 3.8) is 0 Å². The number of H-pyrrole nitrogens is 1. The minimum absolute atomic E-state index is 0.536. The zero-order valence-corrected chi connectivity index (χ0v) is 40.7. The first-order valence-corrected chi connectivity index (χ1v) is 25.5. The van der Waals surface area contributed by atoms with Gasteiger partial charge >= 0.3 is 0 Å². The summed E-state index contributed by atoms with van der Waals surface area (Å²) >= 11 is 0. The van der Waals surface area contributed by atoms with Crippen LogP contribution in [0.1, 0.15) is 5.56 Å². The van der Waals surface area contributed by atoms with E-state index in [1.165, 1.54) is 37.9 Å². The summed E-state index contributed by atoms with van der Waals surface area (Å²) in [5, 5.41) is 16.5. The fraction of sp³-hybridized carbons (Fsp3) is 0.0147. The number of benzene rings is 12. The van der Waals surface area contributed by atoms with E-state index in [0.29, 0.717) is 17.7 Å². The summed E-state index contributed by atoms with van der Waals surface area (Å²) in [6.45, 7) is 2.08. The number of fused-ring (bicyclic) bond motifs is 14. The summed E-state index contributed by atoms with van der Waals surface area (Å²) in [6, 6.07) is 84.5. The molecule has 0 aliphatic heterocycles. The summed E-state index contributed by atoms with van der Waals surface area (Å²) in [5.74, 6) is 1.66. The molecule has 0 bridgehead atoms. The molecule has 0 unspecified atom stereocenters. The molecule has 0 radical (unpaired) electrons. The number of nitrogens with one attached hydrogen (secondary N) is 1. The quantitative estimate of drug-likeness (QED) is 0.179. The third-order valence-corrected chi connectivity index (χ3v) is 15.5. The lowest BCUT2D eigenvalue weighted by Crippen LogP contribution is -2.11. The first-order chi connectivity index (χ1) is 37.1. The molecule has 5 aromatic heterocycles. The molecule has 7 nitrogen and oxygen atoms in total. The highest BCUT2D eigenvalue weighted by Gasteiger charge is 2.26. The highest BCUT2D eigenvalue weighted by Crippen LogP contribution is 2.44. The van der Waals surface area contributed by atoms with Gasteiger partial charge in [-0.2, -0.15) is 15.0 Å². The van der Waals surface area contributed by atoms with Gasteiger partial charge in [0.15, 0.2) is 5.82 Å². The Bertz CT molecular complexity index is 5070. The Morgan fingerprint density at radius 2 is 0.787 bits per heavy atom. The molecule has 5 heterocycles. The maximum absolute atomic E-state index is 5.69. The van der Waals surface area contributed by atoms with Crippen LogP contribution in [0.15, 0.2) is 237 Å². The fourth-order valence-electron chi connectivity index (χ4n) is 12.2. The summed E-state index contributed by atoms with van der Waals surface area (Å²) in [7, 11) is 0. The van der Waals surface area contributed by atoms with Crippen LogP contribution in [-0.4, -0.2) is 33.6 Å². The summed E-state index contributed by atoms with van der Waals surface area (Å²) in [6.07, 6.45) is 0. The number of rotatable bonds is 4. The van der Waals surface area contributed by atoms with E-state index in [1.54, 1.807) is 0 Å². The molecule has 0 atom stereocenters. The van der Waals surface area contributed by atoms with Crippen molar-refractivity contribution in [3.8, 4) is 29.0 Å². The van der Waals surface area contributed by atoms with E-state index in [-0.39, 0.29) is 0 Å². The highest BCUT2D eigenvalue weighted by molar-refractivity contribution is 6.26. The number of para-hydroxylation sites is 5. The number of nitrogens with zero attached hydrogens (tertiary/aromatic N) is 6. The Balaban J connectivity index is 0.000000633. The van der Waals surface area contributed by atoms with Crippen LogP contribution < -0.4 is 0 Å². The van der Waals surface area contributed by atoms with Crippen molar-refractivity contribution in [2.24, 2.45) is 0 Å². The lowest BCUT2D eigenvalue weighted by Gasteiger charge is -2.15. The van der Waals surface area contributed by atoms with Gasteiger partial charge in [-0.15, -0.1) is 0 Å². The van der Waals surface area contributed by atoms with Crippen molar-refractivity contribution in [2.45, 2.75) is 6.92 Å². The van der Waals surface area contributed by atoms with Crippen LogP contribution >= 0.6 is 0 Å². The van der Waals surface area contributed by atoms with E-state index in [0.717, 1.165) is 98.5 Å². The molecular weight excluding hydrogens is 915 g/mol. The largest absolute Gasteiger partial charge is 0.353 e. The number of aromatic amines is 1. The molecule has 17 aromatic rings. The van der Waals surface area contributed by atoms with Gasteiger partial charge in [0.2, 0.25) is 11.9 Å². The van der Waals surface area contributed by atoms with Gasteiger partial charge in [-0.3, -0.25) is 9.13 Å². The Labute approximate surface area is 429 Å². The SMILES string of the molecule is Cc1ccccc1.c1ccc(-n2c3ccccc3c3ccc4c5ccccc5n(-c5nc(-c6cc7ccc8cccc9ccc(c6)c7c89)nc(-n6c7ccccc7c7ccc8c9ccccc9[nH]c8c76)n5)c4c32)cc1. The molecule has 12 aromatic carbocycles. The minimum Gasteiger partial charge on any atom is -0.353 e. The van der Waals surface area contributed by atoms with Gasteiger partial charge in [-0.1, -0.05) is 194 Å². The molecule has 17 rings (SSSR count). The first kappa shape index (κ1) is 41.5. The highest BCUT2D eigenvalue weighted by atomic mass is 15.3. The van der Waals surface area contributed by atoms with Crippen molar-refractivity contribution in [1.29, 1.82) is 0 Å². The lowest BCUT2D eigenvalue weighted by atomic mass is 9.93. The topological polar surface area (TPSA) is 69.2 Å². The molecule has 7 heteroatoms. The van der Waals surface area contributed by atoms with Crippen LogP contribution in [0.25, 0.3) is 149 Å². The monoisotopic (exact) mass is 957 g/mol. The molecule has 0 aliphatic rings. The van der Waals surface area contributed by atoms with E-state index in [2.05, 4.69) is 244 Å². The smallest absolute Gasteiger partial charge is 0.240 e. The van der Waals surface area contributed by atoms with Gasteiger partial charge in [0.25, 0.3) is 0 Å². The zero-order valence-electron chi connectivity index (χ0n) is 40.7. The van der Waals surface area contributed by atoms with Crippen LogP contribution in [0.4, 0.5) is 0 Å². The van der Waals surface area contributed by atoms with Gasteiger partial charge in [0.1, 0.15) is 0 Å². The van der Waals surface area contributed by atoms with E-state index < -0.39 is 0 Å². The van der Waals surface area contributed by atoms with Gasteiger partial charge in [0.05, 0.1) is 38.6 Å². The number of hydrogen-bond acceptors (Lipinski definition) is 3. The predicted molar refractivity (Wildman–Crippen MR) is 313 cm³/mol. The molecule has 0 saturated heterocycles. The predicted octanol–water partition coefficient (Wildman–Crippen LogP) is 17.4. The number of aryl methyl sites for hydroxylation is 1. The Kier molecular flexibility index (Phi) is 8.82. The Morgan fingerprint density at radius 1 is 0.333 bits per heavy atom. The molecule has 0 saturated carbocycles.